The molecule has 0 bridgehead atoms. The van der Waals surface area contributed by atoms with Gasteiger partial charge in [-0.2, -0.15) is 0 Å². The summed E-state index contributed by atoms with van der Waals surface area (Å²) in [6.45, 7) is 2.70. The largest absolute Gasteiger partial charge is 0.485 e. The smallest absolute Gasteiger partial charge is 0.437 e. The monoisotopic (exact) mass is 373 g/mol. The SMILES string of the molecule is Cc1ncccc1OC1CN(c2cccc(COC(=O)N=C(N)N)c2F)C1. The zero-order valence-corrected chi connectivity index (χ0v) is 14.8. The van der Waals surface area contributed by atoms with Gasteiger partial charge in [0.05, 0.1) is 24.5 Å². The van der Waals surface area contributed by atoms with Crippen LogP contribution in [0.2, 0.25) is 0 Å². The van der Waals surface area contributed by atoms with Crippen molar-refractivity contribution in [1.29, 1.82) is 0 Å². The van der Waals surface area contributed by atoms with Gasteiger partial charge in [-0.25, -0.2) is 9.18 Å². The summed E-state index contributed by atoms with van der Waals surface area (Å²) in [5.74, 6) is -0.140. The van der Waals surface area contributed by atoms with Crippen molar-refractivity contribution in [3.05, 3.63) is 53.6 Å². The number of hydrogen-bond donors (Lipinski definition) is 2. The second kappa shape index (κ2) is 7.90. The van der Waals surface area contributed by atoms with Crippen LogP contribution in [0, 0.1) is 12.7 Å². The van der Waals surface area contributed by atoms with Crippen LogP contribution in [0.4, 0.5) is 14.9 Å². The standard InChI is InChI=1S/C18H20FN5O3/c1-11-15(6-3-7-22-11)27-13-8-24(9-13)14-5-2-4-12(16(14)19)10-26-18(25)23-17(20)21/h2-7,13H,8-10H2,1H3,(H4,20,21,23,25). The van der Waals surface area contributed by atoms with Crippen LogP contribution >= 0.6 is 0 Å². The van der Waals surface area contributed by atoms with Gasteiger partial charge < -0.3 is 25.8 Å². The number of ether oxygens (including phenoxy) is 2. The number of rotatable bonds is 5. The summed E-state index contributed by atoms with van der Waals surface area (Å²) in [6, 6.07) is 8.57. The first kappa shape index (κ1) is 18.4. The Morgan fingerprint density at radius 2 is 2.11 bits per heavy atom. The predicted octanol–water partition coefficient (Wildman–Crippen LogP) is 1.71. The summed E-state index contributed by atoms with van der Waals surface area (Å²) in [6.07, 6.45) is 0.690. The topological polar surface area (TPSA) is 116 Å². The van der Waals surface area contributed by atoms with E-state index in [9.17, 15) is 9.18 Å². The number of benzene rings is 1. The van der Waals surface area contributed by atoms with Gasteiger partial charge in [0.2, 0.25) is 0 Å². The molecule has 1 amide bonds. The lowest BCUT2D eigenvalue weighted by Gasteiger charge is -2.41. The van der Waals surface area contributed by atoms with Crippen LogP contribution in [0.25, 0.3) is 0 Å². The summed E-state index contributed by atoms with van der Waals surface area (Å²) >= 11 is 0. The van der Waals surface area contributed by atoms with E-state index in [4.69, 9.17) is 20.9 Å². The van der Waals surface area contributed by atoms with E-state index < -0.39 is 17.9 Å². The van der Waals surface area contributed by atoms with Crippen LogP contribution in [-0.2, 0) is 11.3 Å². The molecule has 1 aliphatic rings. The van der Waals surface area contributed by atoms with Crippen molar-refractivity contribution >= 4 is 17.7 Å². The van der Waals surface area contributed by atoms with Crippen LogP contribution < -0.4 is 21.1 Å². The number of pyridine rings is 1. The molecule has 0 saturated carbocycles. The van der Waals surface area contributed by atoms with Crippen molar-refractivity contribution < 1.29 is 18.7 Å². The van der Waals surface area contributed by atoms with Gasteiger partial charge in [-0.05, 0) is 25.1 Å². The van der Waals surface area contributed by atoms with Crippen LogP contribution in [0.5, 0.6) is 5.75 Å². The zero-order valence-electron chi connectivity index (χ0n) is 14.8. The van der Waals surface area contributed by atoms with Crippen molar-refractivity contribution in [2.75, 3.05) is 18.0 Å². The number of hydrogen-bond acceptors (Lipinski definition) is 5. The number of nitrogens with two attached hydrogens (primary N) is 2. The molecule has 1 aliphatic heterocycles. The molecule has 142 valence electrons. The van der Waals surface area contributed by atoms with Crippen LogP contribution in [0.1, 0.15) is 11.3 Å². The molecule has 2 heterocycles. The lowest BCUT2D eigenvalue weighted by molar-refractivity contribution is 0.149. The van der Waals surface area contributed by atoms with Crippen molar-refractivity contribution in [2.45, 2.75) is 19.6 Å². The fourth-order valence-electron chi connectivity index (χ4n) is 2.68. The molecular formula is C18H20FN5O3. The maximum Gasteiger partial charge on any atom is 0.437 e. The highest BCUT2D eigenvalue weighted by Gasteiger charge is 2.31. The van der Waals surface area contributed by atoms with E-state index in [0.717, 1.165) is 11.4 Å². The minimum Gasteiger partial charge on any atom is -0.485 e. The van der Waals surface area contributed by atoms with Crippen molar-refractivity contribution in [2.24, 2.45) is 16.5 Å². The molecule has 1 saturated heterocycles. The number of nitrogens with zero attached hydrogens (tertiary/aromatic N) is 3. The number of carbonyl (C=O) groups excluding carboxylic acids is 1. The van der Waals surface area contributed by atoms with Crippen LogP contribution in [0.15, 0.2) is 41.5 Å². The first-order chi connectivity index (χ1) is 12.9. The molecule has 8 nitrogen and oxygen atoms in total. The number of carbonyl (C=O) groups is 1. The highest BCUT2D eigenvalue weighted by Crippen LogP contribution is 2.29. The summed E-state index contributed by atoms with van der Waals surface area (Å²) in [4.78, 5) is 20.6. The highest BCUT2D eigenvalue weighted by molar-refractivity contribution is 5.87. The first-order valence-electron chi connectivity index (χ1n) is 8.31. The highest BCUT2D eigenvalue weighted by atomic mass is 19.1. The Morgan fingerprint density at radius 1 is 1.33 bits per heavy atom. The Morgan fingerprint density at radius 3 is 2.81 bits per heavy atom. The van der Waals surface area contributed by atoms with E-state index in [1.807, 2.05) is 24.0 Å². The van der Waals surface area contributed by atoms with Gasteiger partial charge in [0.1, 0.15) is 18.5 Å². The number of anilines is 1. The molecule has 0 atom stereocenters. The Labute approximate surface area is 155 Å². The molecule has 0 spiro atoms. The number of aryl methyl sites for hydroxylation is 1. The summed E-state index contributed by atoms with van der Waals surface area (Å²) < 4.78 is 25.4. The molecule has 3 rings (SSSR count). The normalized spacial score (nSPS) is 13.6. The third-order valence-electron chi connectivity index (χ3n) is 4.07. The van der Waals surface area contributed by atoms with Gasteiger partial charge in [-0.3, -0.25) is 4.98 Å². The molecule has 1 fully saturated rings. The van der Waals surface area contributed by atoms with E-state index >= 15 is 0 Å². The molecule has 2 aromatic rings. The van der Waals surface area contributed by atoms with Gasteiger partial charge in [-0.1, -0.05) is 12.1 Å². The maximum atomic E-state index is 14.7. The summed E-state index contributed by atoms with van der Waals surface area (Å²) in [5.41, 5.74) is 11.7. The van der Waals surface area contributed by atoms with Gasteiger partial charge in [0.15, 0.2) is 11.8 Å². The Bertz CT molecular complexity index is 864. The molecule has 27 heavy (non-hydrogen) atoms. The number of amides is 1. The molecule has 0 aliphatic carbocycles. The molecule has 0 radical (unpaired) electrons. The second-order valence-electron chi connectivity index (χ2n) is 6.07. The summed E-state index contributed by atoms with van der Waals surface area (Å²) in [5, 5.41) is 0. The average molecular weight is 373 g/mol. The van der Waals surface area contributed by atoms with Crippen LogP contribution in [0.3, 0.4) is 0 Å². The van der Waals surface area contributed by atoms with E-state index in [0.29, 0.717) is 18.8 Å². The lowest BCUT2D eigenvalue weighted by atomic mass is 10.1. The number of aliphatic imine (C=N–C) groups is 1. The molecule has 9 heteroatoms. The number of aromatic nitrogens is 1. The van der Waals surface area contributed by atoms with E-state index in [1.165, 1.54) is 6.07 Å². The summed E-state index contributed by atoms with van der Waals surface area (Å²) in [7, 11) is 0. The fourth-order valence-corrected chi connectivity index (χ4v) is 2.68. The fraction of sp³-hybridized carbons (Fsp3) is 0.278. The second-order valence-corrected chi connectivity index (χ2v) is 6.07. The van der Waals surface area contributed by atoms with Crippen molar-refractivity contribution in [1.82, 2.24) is 4.98 Å². The Hall–Kier alpha value is -3.36. The zero-order chi connectivity index (χ0) is 19.4. The third-order valence-corrected chi connectivity index (χ3v) is 4.07. The number of guanidine groups is 1. The number of halogens is 1. The molecular weight excluding hydrogens is 353 g/mol. The molecule has 1 aromatic carbocycles. The van der Waals surface area contributed by atoms with E-state index in [-0.39, 0.29) is 18.3 Å². The quantitative estimate of drug-likeness (QED) is 0.605. The van der Waals surface area contributed by atoms with E-state index in [1.54, 1.807) is 18.3 Å². The molecule has 1 aromatic heterocycles. The average Bonchev–Trinajstić information content (AvgIpc) is 2.58. The Kier molecular flexibility index (Phi) is 5.39. The van der Waals surface area contributed by atoms with Crippen molar-refractivity contribution in [3.63, 3.8) is 0 Å². The predicted molar refractivity (Wildman–Crippen MR) is 98.0 cm³/mol. The first-order valence-corrected chi connectivity index (χ1v) is 8.31. The van der Waals surface area contributed by atoms with Gasteiger partial charge in [0, 0.05) is 11.8 Å². The minimum atomic E-state index is -0.968. The maximum absolute atomic E-state index is 14.7. The molecule has 4 N–H and O–H groups in total. The van der Waals surface area contributed by atoms with Crippen molar-refractivity contribution in [3.8, 4) is 5.75 Å². The van der Waals surface area contributed by atoms with E-state index in [2.05, 4.69) is 9.98 Å². The third kappa shape index (κ3) is 4.43. The van der Waals surface area contributed by atoms with Gasteiger partial charge >= 0.3 is 6.09 Å². The van der Waals surface area contributed by atoms with Crippen LogP contribution in [-0.4, -0.2) is 36.2 Å². The Balaban J connectivity index is 1.59. The minimum absolute atomic E-state index is 0.0457. The van der Waals surface area contributed by atoms with Gasteiger partial charge in [-0.15, -0.1) is 4.99 Å². The molecule has 0 unspecified atom stereocenters. The lowest BCUT2D eigenvalue weighted by Crippen LogP contribution is -2.54. The van der Waals surface area contributed by atoms with Gasteiger partial charge in [0.25, 0.3) is 0 Å².